The van der Waals surface area contributed by atoms with Gasteiger partial charge in [0.1, 0.15) is 23.1 Å². The Balaban J connectivity index is 1.81. The number of benzene rings is 2. The number of ether oxygens (including phenoxy) is 1. The van der Waals surface area contributed by atoms with Gasteiger partial charge < -0.3 is 19.4 Å². The number of hydrogen-bond acceptors (Lipinski definition) is 3. The molecule has 0 atom stereocenters. The van der Waals surface area contributed by atoms with E-state index in [0.29, 0.717) is 23.7 Å². The van der Waals surface area contributed by atoms with E-state index in [2.05, 4.69) is 5.32 Å². The Bertz CT molecular complexity index is 906. The normalized spacial score (nSPS) is 10.5. The van der Waals surface area contributed by atoms with E-state index in [1.165, 1.54) is 12.1 Å². The van der Waals surface area contributed by atoms with Crippen molar-refractivity contribution in [3.05, 3.63) is 83.6 Å². The van der Waals surface area contributed by atoms with E-state index < -0.39 is 0 Å². The molecule has 5 nitrogen and oxygen atoms in total. The summed E-state index contributed by atoms with van der Waals surface area (Å²) in [6.07, 6.45) is 0. The molecule has 0 saturated carbocycles. The first-order valence-electron chi connectivity index (χ1n) is 8.54. The van der Waals surface area contributed by atoms with Crippen LogP contribution in [0.3, 0.4) is 0 Å². The lowest BCUT2D eigenvalue weighted by Gasteiger charge is -2.23. The highest BCUT2D eigenvalue weighted by Crippen LogP contribution is 2.24. The average molecular weight is 368 g/mol. The third-order valence-corrected chi connectivity index (χ3v) is 4.07. The Morgan fingerprint density at radius 3 is 2.48 bits per heavy atom. The van der Waals surface area contributed by atoms with E-state index in [1.807, 2.05) is 31.2 Å². The molecule has 2 aromatic carbocycles. The van der Waals surface area contributed by atoms with Crippen LogP contribution in [0.2, 0.25) is 0 Å². The fourth-order valence-electron chi connectivity index (χ4n) is 2.71. The molecule has 0 aliphatic heterocycles. The number of para-hydroxylation sites is 2. The summed E-state index contributed by atoms with van der Waals surface area (Å²) in [6, 6.07) is 16.6. The van der Waals surface area contributed by atoms with E-state index in [1.54, 1.807) is 36.3 Å². The fraction of sp³-hybridized carbons (Fsp3) is 0.190. The standard InChI is InChI=1S/C21H21FN2O3/c1-15-7-12-18(27-15)14-24(13-16-8-10-17(22)11-9-16)21(25)23-19-5-3-4-6-20(19)26-2/h3-12H,13-14H2,1-2H3,(H,23,25). The maximum atomic E-state index is 13.2. The maximum absolute atomic E-state index is 13.2. The second-order valence-electron chi connectivity index (χ2n) is 6.13. The van der Waals surface area contributed by atoms with Gasteiger partial charge in [-0.05, 0) is 48.9 Å². The van der Waals surface area contributed by atoms with Crippen LogP contribution in [0.25, 0.3) is 0 Å². The monoisotopic (exact) mass is 368 g/mol. The molecule has 3 aromatic rings. The van der Waals surface area contributed by atoms with Crippen molar-refractivity contribution in [1.29, 1.82) is 0 Å². The minimum Gasteiger partial charge on any atom is -0.495 e. The zero-order valence-corrected chi connectivity index (χ0v) is 15.2. The van der Waals surface area contributed by atoms with Gasteiger partial charge in [0.25, 0.3) is 0 Å². The summed E-state index contributed by atoms with van der Waals surface area (Å²) in [5, 5.41) is 2.87. The number of halogens is 1. The second kappa shape index (κ2) is 8.40. The van der Waals surface area contributed by atoms with Crippen LogP contribution in [0.4, 0.5) is 14.9 Å². The number of hydrogen-bond donors (Lipinski definition) is 1. The molecule has 2 amide bonds. The average Bonchev–Trinajstić information content (AvgIpc) is 3.08. The molecule has 140 valence electrons. The van der Waals surface area contributed by atoms with Gasteiger partial charge >= 0.3 is 6.03 Å². The van der Waals surface area contributed by atoms with Gasteiger partial charge in [0.15, 0.2) is 0 Å². The quantitative estimate of drug-likeness (QED) is 0.668. The molecule has 0 radical (unpaired) electrons. The van der Waals surface area contributed by atoms with E-state index in [4.69, 9.17) is 9.15 Å². The Labute approximate surface area is 157 Å². The van der Waals surface area contributed by atoms with Gasteiger partial charge in [0.2, 0.25) is 0 Å². The van der Waals surface area contributed by atoms with E-state index in [-0.39, 0.29) is 18.4 Å². The van der Waals surface area contributed by atoms with Crippen molar-refractivity contribution >= 4 is 11.7 Å². The Hall–Kier alpha value is -3.28. The first-order chi connectivity index (χ1) is 13.0. The predicted octanol–water partition coefficient (Wildman–Crippen LogP) is 4.97. The summed E-state index contributed by atoms with van der Waals surface area (Å²) in [4.78, 5) is 14.5. The van der Waals surface area contributed by atoms with Gasteiger partial charge in [-0.15, -0.1) is 0 Å². The van der Waals surface area contributed by atoms with Gasteiger partial charge in [-0.25, -0.2) is 9.18 Å². The third-order valence-electron chi connectivity index (χ3n) is 4.07. The molecule has 0 fully saturated rings. The molecule has 0 unspecified atom stereocenters. The number of rotatable bonds is 6. The minimum atomic E-state index is -0.314. The van der Waals surface area contributed by atoms with Gasteiger partial charge in [-0.3, -0.25) is 0 Å². The second-order valence-corrected chi connectivity index (χ2v) is 6.13. The number of anilines is 1. The van der Waals surface area contributed by atoms with Crippen LogP contribution >= 0.6 is 0 Å². The van der Waals surface area contributed by atoms with Gasteiger partial charge in [-0.2, -0.15) is 0 Å². The number of methoxy groups -OCH3 is 1. The van der Waals surface area contributed by atoms with Crippen LogP contribution in [-0.2, 0) is 13.1 Å². The van der Waals surface area contributed by atoms with E-state index >= 15 is 0 Å². The van der Waals surface area contributed by atoms with Gasteiger partial charge in [0.05, 0.1) is 19.3 Å². The van der Waals surface area contributed by atoms with E-state index in [9.17, 15) is 9.18 Å². The maximum Gasteiger partial charge on any atom is 0.322 e. The smallest absolute Gasteiger partial charge is 0.322 e. The highest BCUT2D eigenvalue weighted by Gasteiger charge is 2.18. The summed E-state index contributed by atoms with van der Waals surface area (Å²) in [7, 11) is 1.55. The van der Waals surface area contributed by atoms with Crippen LogP contribution in [0.1, 0.15) is 17.1 Å². The van der Waals surface area contributed by atoms with Gasteiger partial charge in [-0.1, -0.05) is 24.3 Å². The SMILES string of the molecule is COc1ccccc1NC(=O)N(Cc1ccc(F)cc1)Cc1ccc(C)o1. The number of aryl methyl sites for hydroxylation is 1. The van der Waals surface area contributed by atoms with Gasteiger partial charge in [0, 0.05) is 6.54 Å². The van der Waals surface area contributed by atoms with Crippen molar-refractivity contribution in [1.82, 2.24) is 4.90 Å². The summed E-state index contributed by atoms with van der Waals surface area (Å²) in [5.41, 5.74) is 1.39. The lowest BCUT2D eigenvalue weighted by atomic mass is 10.2. The summed E-state index contributed by atoms with van der Waals surface area (Å²) in [5.74, 6) is 1.70. The molecular weight excluding hydrogens is 347 g/mol. The molecular formula is C21H21FN2O3. The lowest BCUT2D eigenvalue weighted by molar-refractivity contribution is 0.200. The summed E-state index contributed by atoms with van der Waals surface area (Å²) in [6.45, 7) is 2.44. The van der Waals surface area contributed by atoms with Crippen molar-refractivity contribution in [2.75, 3.05) is 12.4 Å². The zero-order chi connectivity index (χ0) is 19.2. The van der Waals surface area contributed by atoms with Crippen LogP contribution in [0.5, 0.6) is 5.75 Å². The zero-order valence-electron chi connectivity index (χ0n) is 15.2. The molecule has 6 heteroatoms. The third kappa shape index (κ3) is 4.88. The number of urea groups is 1. The highest BCUT2D eigenvalue weighted by atomic mass is 19.1. The molecule has 0 aliphatic carbocycles. The number of carbonyl (C=O) groups is 1. The molecule has 0 aliphatic rings. The number of amides is 2. The van der Waals surface area contributed by atoms with Crippen LogP contribution in [-0.4, -0.2) is 18.0 Å². The number of furan rings is 1. The number of nitrogens with one attached hydrogen (secondary N) is 1. The summed E-state index contributed by atoms with van der Waals surface area (Å²) >= 11 is 0. The van der Waals surface area contributed by atoms with Crippen molar-refractivity contribution in [2.45, 2.75) is 20.0 Å². The summed E-state index contributed by atoms with van der Waals surface area (Å²) < 4.78 is 24.1. The first kappa shape index (κ1) is 18.5. The van der Waals surface area contributed by atoms with Crippen molar-refractivity contribution in [3.63, 3.8) is 0 Å². The lowest BCUT2D eigenvalue weighted by Crippen LogP contribution is -2.34. The number of carbonyl (C=O) groups excluding carboxylic acids is 1. The van der Waals surface area contributed by atoms with Crippen molar-refractivity contribution in [3.8, 4) is 5.75 Å². The van der Waals surface area contributed by atoms with Crippen LogP contribution in [0, 0.1) is 12.7 Å². The minimum absolute atomic E-state index is 0.284. The fourth-order valence-corrected chi connectivity index (χ4v) is 2.71. The molecule has 3 rings (SSSR count). The molecule has 1 N–H and O–H groups in total. The number of nitrogens with zero attached hydrogens (tertiary/aromatic N) is 1. The largest absolute Gasteiger partial charge is 0.495 e. The molecule has 1 heterocycles. The Morgan fingerprint density at radius 2 is 1.81 bits per heavy atom. The molecule has 0 bridgehead atoms. The Morgan fingerprint density at radius 1 is 1.07 bits per heavy atom. The molecule has 27 heavy (non-hydrogen) atoms. The highest BCUT2D eigenvalue weighted by molar-refractivity contribution is 5.90. The van der Waals surface area contributed by atoms with Crippen molar-refractivity contribution < 1.29 is 18.3 Å². The van der Waals surface area contributed by atoms with Crippen LogP contribution in [0.15, 0.2) is 65.1 Å². The predicted molar refractivity (Wildman–Crippen MR) is 101 cm³/mol. The van der Waals surface area contributed by atoms with Crippen LogP contribution < -0.4 is 10.1 Å². The first-order valence-corrected chi connectivity index (χ1v) is 8.54. The van der Waals surface area contributed by atoms with E-state index in [0.717, 1.165) is 11.3 Å². The molecule has 0 spiro atoms. The topological polar surface area (TPSA) is 54.7 Å². The van der Waals surface area contributed by atoms with Crippen molar-refractivity contribution in [2.24, 2.45) is 0 Å². The molecule has 0 saturated heterocycles. The molecule has 1 aromatic heterocycles. The Kier molecular flexibility index (Phi) is 5.76.